The van der Waals surface area contributed by atoms with Gasteiger partial charge in [-0.1, -0.05) is 66.7 Å². The maximum atomic E-state index is 6.15. The monoisotopic (exact) mass is 280 g/mol. The smallest absolute Gasteiger partial charge is 0.159 e. The molecule has 1 aliphatic rings. The lowest BCUT2D eigenvalue weighted by Gasteiger charge is -2.17. The van der Waals surface area contributed by atoms with Crippen molar-refractivity contribution in [1.82, 2.24) is 0 Å². The fraction of sp³-hybridized carbons (Fsp3) is 0.263. The van der Waals surface area contributed by atoms with Crippen molar-refractivity contribution in [3.63, 3.8) is 0 Å². The van der Waals surface area contributed by atoms with Crippen molar-refractivity contribution in [2.75, 3.05) is 0 Å². The average molecular weight is 280 g/mol. The van der Waals surface area contributed by atoms with E-state index in [1.54, 1.807) is 0 Å². The molecule has 0 N–H and O–H groups in total. The van der Waals surface area contributed by atoms with Crippen LogP contribution in [0.25, 0.3) is 0 Å². The molecule has 0 spiro atoms. The van der Waals surface area contributed by atoms with Gasteiger partial charge in [-0.25, -0.2) is 0 Å². The summed E-state index contributed by atoms with van der Waals surface area (Å²) in [7, 11) is 0. The molecule has 1 saturated heterocycles. The average Bonchev–Trinajstić information content (AvgIpc) is 2.99. The van der Waals surface area contributed by atoms with E-state index in [0.29, 0.717) is 0 Å². The Morgan fingerprint density at radius 3 is 1.71 bits per heavy atom. The highest BCUT2D eigenvalue weighted by Crippen LogP contribution is 2.43. The van der Waals surface area contributed by atoms with Crippen molar-refractivity contribution in [3.05, 3.63) is 84.4 Å². The second kappa shape index (κ2) is 6.70. The molecule has 0 aliphatic carbocycles. The fourth-order valence-corrected chi connectivity index (χ4v) is 2.68. The lowest BCUT2D eigenvalue weighted by molar-refractivity contribution is -0.0704. The molecule has 0 unspecified atom stereocenters. The molecule has 21 heavy (non-hydrogen) atoms. The summed E-state index contributed by atoms with van der Waals surface area (Å²) in [6, 6.07) is 20.6. The van der Waals surface area contributed by atoms with Gasteiger partial charge in [0.05, 0.1) is 0 Å². The largest absolute Gasteiger partial charge is 0.342 e. The van der Waals surface area contributed by atoms with Crippen LogP contribution in [0.1, 0.15) is 36.2 Å². The number of hydrogen-bond donors (Lipinski definition) is 0. The molecule has 2 aromatic carbocycles. The van der Waals surface area contributed by atoms with Crippen molar-refractivity contribution in [3.8, 4) is 0 Å². The maximum Gasteiger partial charge on any atom is 0.159 e. The van der Waals surface area contributed by atoms with E-state index in [1.807, 2.05) is 42.5 Å². The van der Waals surface area contributed by atoms with Crippen LogP contribution in [0.15, 0.2) is 73.3 Å². The van der Waals surface area contributed by atoms with Gasteiger partial charge < -0.3 is 9.47 Å². The maximum absolute atomic E-state index is 6.15. The number of ether oxygens (including phenoxy) is 2. The van der Waals surface area contributed by atoms with Gasteiger partial charge in [-0.15, -0.1) is 6.58 Å². The topological polar surface area (TPSA) is 18.5 Å². The van der Waals surface area contributed by atoms with Gasteiger partial charge in [0.1, 0.15) is 12.2 Å². The Bertz CT molecular complexity index is 517. The number of allylic oxidation sites excluding steroid dienone is 1. The molecule has 0 aromatic heterocycles. The Balaban J connectivity index is 1.85. The summed E-state index contributed by atoms with van der Waals surface area (Å²) in [5.74, 6) is 0. The van der Waals surface area contributed by atoms with Crippen LogP contribution < -0.4 is 0 Å². The Kier molecular flexibility index (Phi) is 4.49. The van der Waals surface area contributed by atoms with Gasteiger partial charge in [-0.05, 0) is 17.5 Å². The minimum atomic E-state index is -0.168. The molecular weight excluding hydrogens is 260 g/mol. The molecule has 1 aliphatic heterocycles. The minimum Gasteiger partial charge on any atom is -0.342 e. The third-order valence-electron chi connectivity index (χ3n) is 3.73. The highest BCUT2D eigenvalue weighted by Gasteiger charge is 2.37. The zero-order valence-electron chi connectivity index (χ0n) is 12.0. The zero-order valence-corrected chi connectivity index (χ0v) is 12.0. The standard InChI is InChI=1S/C19H20O2/c1-2-3-14-17-20-18(15-10-6-4-7-11-15)19(21-17)16-12-8-5-9-13-16/h2,4-13,17-19H,1,3,14H2/t18-,19-/m1/s1. The molecular formula is C19H20O2. The minimum absolute atomic E-state index is 0.0524. The first kappa shape index (κ1) is 14.1. The molecule has 0 radical (unpaired) electrons. The van der Waals surface area contributed by atoms with Crippen molar-refractivity contribution in [2.24, 2.45) is 0 Å². The van der Waals surface area contributed by atoms with Crippen molar-refractivity contribution >= 4 is 0 Å². The highest BCUT2D eigenvalue weighted by atomic mass is 16.7. The van der Waals surface area contributed by atoms with Crippen LogP contribution >= 0.6 is 0 Å². The summed E-state index contributed by atoms with van der Waals surface area (Å²) in [5, 5.41) is 0. The predicted molar refractivity (Wildman–Crippen MR) is 83.8 cm³/mol. The first-order chi connectivity index (χ1) is 10.4. The SMILES string of the molecule is C=CCCC1O[C@H](c2ccccc2)[C@@H](c2ccccc2)O1. The normalized spacial score (nSPS) is 22.3. The van der Waals surface area contributed by atoms with Crippen molar-refractivity contribution in [2.45, 2.75) is 31.3 Å². The van der Waals surface area contributed by atoms with Gasteiger partial charge in [0.25, 0.3) is 0 Å². The Labute approximate surface area is 126 Å². The van der Waals surface area contributed by atoms with E-state index in [4.69, 9.17) is 9.47 Å². The lowest BCUT2D eigenvalue weighted by Crippen LogP contribution is -2.07. The summed E-state index contributed by atoms with van der Waals surface area (Å²) < 4.78 is 12.3. The molecule has 2 nitrogen and oxygen atoms in total. The molecule has 0 amide bonds. The predicted octanol–water partition coefficient (Wildman–Crippen LogP) is 4.81. The van der Waals surface area contributed by atoms with E-state index in [9.17, 15) is 0 Å². The van der Waals surface area contributed by atoms with Gasteiger partial charge in [-0.2, -0.15) is 0 Å². The molecule has 1 fully saturated rings. The van der Waals surface area contributed by atoms with E-state index in [0.717, 1.165) is 24.0 Å². The van der Waals surface area contributed by atoms with Crippen LogP contribution in [0.2, 0.25) is 0 Å². The third-order valence-corrected chi connectivity index (χ3v) is 3.73. The number of benzene rings is 2. The van der Waals surface area contributed by atoms with Crippen LogP contribution in [0.4, 0.5) is 0 Å². The highest BCUT2D eigenvalue weighted by molar-refractivity contribution is 5.26. The van der Waals surface area contributed by atoms with Crippen LogP contribution in [0.5, 0.6) is 0 Å². The van der Waals surface area contributed by atoms with E-state index < -0.39 is 0 Å². The van der Waals surface area contributed by atoms with Gasteiger partial charge >= 0.3 is 0 Å². The molecule has 0 bridgehead atoms. The van der Waals surface area contributed by atoms with Crippen molar-refractivity contribution < 1.29 is 9.47 Å². The van der Waals surface area contributed by atoms with Crippen LogP contribution in [0, 0.1) is 0 Å². The summed E-state index contributed by atoms with van der Waals surface area (Å²) in [5.41, 5.74) is 2.32. The summed E-state index contributed by atoms with van der Waals surface area (Å²) >= 11 is 0. The zero-order chi connectivity index (χ0) is 14.5. The van der Waals surface area contributed by atoms with E-state index in [1.165, 1.54) is 0 Å². The van der Waals surface area contributed by atoms with E-state index >= 15 is 0 Å². The van der Waals surface area contributed by atoms with Gasteiger partial charge in [0, 0.05) is 6.42 Å². The van der Waals surface area contributed by atoms with Gasteiger partial charge in [0.15, 0.2) is 6.29 Å². The lowest BCUT2D eigenvalue weighted by atomic mass is 9.99. The molecule has 2 aromatic rings. The Morgan fingerprint density at radius 1 is 0.810 bits per heavy atom. The molecule has 3 rings (SSSR count). The quantitative estimate of drug-likeness (QED) is 0.732. The van der Waals surface area contributed by atoms with E-state index in [-0.39, 0.29) is 18.5 Å². The van der Waals surface area contributed by atoms with Gasteiger partial charge in [-0.3, -0.25) is 0 Å². The Morgan fingerprint density at radius 2 is 1.29 bits per heavy atom. The number of rotatable bonds is 5. The van der Waals surface area contributed by atoms with Crippen LogP contribution in [0.3, 0.4) is 0 Å². The van der Waals surface area contributed by atoms with Crippen molar-refractivity contribution in [1.29, 1.82) is 0 Å². The fourth-order valence-electron chi connectivity index (χ4n) is 2.68. The number of hydrogen-bond acceptors (Lipinski definition) is 2. The molecule has 108 valence electrons. The second-order valence-electron chi connectivity index (χ2n) is 5.23. The molecule has 2 heteroatoms. The van der Waals surface area contributed by atoms with Gasteiger partial charge in [0.2, 0.25) is 0 Å². The van der Waals surface area contributed by atoms with Crippen LogP contribution in [-0.2, 0) is 9.47 Å². The van der Waals surface area contributed by atoms with Crippen LogP contribution in [-0.4, -0.2) is 6.29 Å². The Hall–Kier alpha value is -1.90. The molecule has 1 heterocycles. The van der Waals surface area contributed by atoms with E-state index in [2.05, 4.69) is 30.8 Å². The first-order valence-corrected chi connectivity index (χ1v) is 7.40. The summed E-state index contributed by atoms with van der Waals surface area (Å²) in [6.07, 6.45) is 3.37. The molecule has 0 saturated carbocycles. The second-order valence-corrected chi connectivity index (χ2v) is 5.23. The summed E-state index contributed by atoms with van der Waals surface area (Å²) in [4.78, 5) is 0. The molecule has 2 atom stereocenters. The third kappa shape index (κ3) is 3.23. The summed E-state index contributed by atoms with van der Waals surface area (Å²) in [6.45, 7) is 3.76. The first-order valence-electron chi connectivity index (χ1n) is 7.40.